The monoisotopic (exact) mass is 559 g/mol. The smallest absolute Gasteiger partial charge is 0.340 e. The summed E-state index contributed by atoms with van der Waals surface area (Å²) in [5, 5.41) is 11.0. The first-order valence-electron chi connectivity index (χ1n) is 8.18. The molecule has 0 saturated carbocycles. The molecule has 1 aliphatic heterocycles. The van der Waals surface area contributed by atoms with Crippen molar-refractivity contribution in [3.63, 3.8) is 0 Å². The van der Waals surface area contributed by atoms with Gasteiger partial charge in [0.05, 0.1) is 11.0 Å². The van der Waals surface area contributed by atoms with Crippen LogP contribution in [0.1, 0.15) is 19.4 Å². The predicted octanol–water partition coefficient (Wildman–Crippen LogP) is 4.31. The second-order valence-electron chi connectivity index (χ2n) is 6.40. The number of halogens is 2. The van der Waals surface area contributed by atoms with Gasteiger partial charge in [0, 0.05) is 8.95 Å². The Kier molecular flexibility index (Phi) is 6.51. The maximum absolute atomic E-state index is 12.6. The highest BCUT2D eigenvalue weighted by molar-refractivity contribution is 9.11. The van der Waals surface area contributed by atoms with Crippen LogP contribution in [-0.2, 0) is 14.9 Å². The van der Waals surface area contributed by atoms with Gasteiger partial charge in [0.2, 0.25) is 5.91 Å². The number of hydrogen-bond donors (Lipinski definition) is 1. The average Bonchev–Trinajstić information content (AvgIpc) is 2.89. The van der Waals surface area contributed by atoms with Gasteiger partial charge in [-0.15, -0.1) is 5.10 Å². The first-order valence-corrected chi connectivity index (χ1v) is 12.0. The van der Waals surface area contributed by atoms with Gasteiger partial charge in [0.15, 0.2) is 5.17 Å². The van der Waals surface area contributed by atoms with Gasteiger partial charge in [-0.25, -0.2) is 0 Å². The Morgan fingerprint density at radius 1 is 1.17 bits per heavy atom. The van der Waals surface area contributed by atoms with Crippen molar-refractivity contribution in [2.24, 2.45) is 10.2 Å². The third-order valence-corrected chi connectivity index (χ3v) is 7.51. The molecule has 2 aromatic carbocycles. The predicted molar refractivity (Wildman–Crippen MR) is 121 cm³/mol. The Bertz CT molecular complexity index is 1130. The highest BCUT2D eigenvalue weighted by Crippen LogP contribution is 2.31. The molecule has 1 aliphatic rings. The number of nitrogens with zero attached hydrogens (tertiary/aromatic N) is 2. The molecule has 0 aliphatic carbocycles. The Morgan fingerprint density at radius 3 is 2.62 bits per heavy atom. The molecule has 0 spiro atoms. The van der Waals surface area contributed by atoms with Crippen LogP contribution >= 0.6 is 43.6 Å². The minimum atomic E-state index is -4.04. The molecule has 1 amide bonds. The maximum Gasteiger partial charge on any atom is 0.340 e. The summed E-state index contributed by atoms with van der Waals surface area (Å²) in [5.41, 5.74) is 0.587. The number of rotatable bonds is 5. The summed E-state index contributed by atoms with van der Waals surface area (Å²) in [6.45, 7) is 3.59. The zero-order valence-electron chi connectivity index (χ0n) is 15.2. The van der Waals surface area contributed by atoms with E-state index in [1.54, 1.807) is 38.1 Å². The molecule has 152 valence electrons. The van der Waals surface area contributed by atoms with Crippen LogP contribution in [0.2, 0.25) is 0 Å². The number of amidine groups is 1. The van der Waals surface area contributed by atoms with Gasteiger partial charge in [0.25, 0.3) is 0 Å². The van der Waals surface area contributed by atoms with E-state index in [-0.39, 0.29) is 16.6 Å². The van der Waals surface area contributed by atoms with Gasteiger partial charge in [0.1, 0.15) is 10.6 Å². The fourth-order valence-corrected chi connectivity index (χ4v) is 5.48. The number of carbonyl (C=O) groups is 1. The summed E-state index contributed by atoms with van der Waals surface area (Å²) < 4.78 is 30.9. The normalized spacial score (nSPS) is 17.7. The Labute approximate surface area is 189 Å². The fraction of sp³-hybridized carbons (Fsp3) is 0.167. The molecule has 2 aromatic rings. The van der Waals surface area contributed by atoms with Crippen molar-refractivity contribution in [2.75, 3.05) is 0 Å². The van der Waals surface area contributed by atoms with Gasteiger partial charge in [-0.1, -0.05) is 39.8 Å². The lowest BCUT2D eigenvalue weighted by Gasteiger charge is -2.09. The average molecular weight is 561 g/mol. The van der Waals surface area contributed by atoms with Crippen molar-refractivity contribution >= 4 is 71.0 Å². The van der Waals surface area contributed by atoms with E-state index in [0.717, 1.165) is 0 Å². The van der Waals surface area contributed by atoms with Gasteiger partial charge in [-0.05, 0) is 65.7 Å². The van der Waals surface area contributed by atoms with E-state index in [1.165, 1.54) is 36.2 Å². The largest absolute Gasteiger partial charge is 0.379 e. The van der Waals surface area contributed by atoms with E-state index < -0.39 is 14.9 Å². The van der Waals surface area contributed by atoms with Crippen molar-refractivity contribution in [2.45, 2.75) is 23.5 Å². The van der Waals surface area contributed by atoms with Crippen LogP contribution in [0.4, 0.5) is 0 Å². The second-order valence-corrected chi connectivity index (χ2v) is 11.3. The summed E-state index contributed by atoms with van der Waals surface area (Å²) in [7, 11) is -4.04. The van der Waals surface area contributed by atoms with Crippen LogP contribution in [-0.4, -0.2) is 30.5 Å². The molecule has 1 N–H and O–H groups in total. The molecular weight excluding hydrogens is 546 g/mol. The zero-order valence-corrected chi connectivity index (χ0v) is 20.0. The lowest BCUT2D eigenvalue weighted by atomic mass is 10.2. The highest BCUT2D eigenvalue weighted by Gasteiger charge is 2.38. The van der Waals surface area contributed by atoms with E-state index in [0.29, 0.717) is 19.7 Å². The molecular formula is C18H15Br2N3O4S2. The fourth-order valence-electron chi connectivity index (χ4n) is 2.24. The van der Waals surface area contributed by atoms with E-state index in [2.05, 4.69) is 47.4 Å². The van der Waals surface area contributed by atoms with Crippen molar-refractivity contribution < 1.29 is 17.4 Å². The summed E-state index contributed by atoms with van der Waals surface area (Å²) >= 11 is 7.76. The molecule has 1 fully saturated rings. The molecule has 7 nitrogen and oxygen atoms in total. The van der Waals surface area contributed by atoms with Gasteiger partial charge in [-0.3, -0.25) is 4.79 Å². The van der Waals surface area contributed by atoms with Crippen molar-refractivity contribution in [1.29, 1.82) is 0 Å². The molecule has 1 heterocycles. The number of carbonyl (C=O) groups excluding carboxylic acids is 1. The Morgan fingerprint density at radius 2 is 1.93 bits per heavy atom. The maximum atomic E-state index is 12.6. The van der Waals surface area contributed by atoms with Crippen LogP contribution in [0.3, 0.4) is 0 Å². The lowest BCUT2D eigenvalue weighted by molar-refractivity contribution is -0.120. The van der Waals surface area contributed by atoms with Crippen molar-refractivity contribution in [1.82, 2.24) is 5.32 Å². The van der Waals surface area contributed by atoms with Gasteiger partial charge >= 0.3 is 10.1 Å². The minimum absolute atomic E-state index is 0.00830. The first-order chi connectivity index (χ1) is 13.6. The third kappa shape index (κ3) is 5.47. The highest BCUT2D eigenvalue weighted by atomic mass is 79.9. The quantitative estimate of drug-likeness (QED) is 0.334. The molecule has 11 heteroatoms. The Hall–Kier alpha value is -1.69. The molecule has 3 rings (SSSR count). The van der Waals surface area contributed by atoms with E-state index >= 15 is 0 Å². The number of amides is 1. The van der Waals surface area contributed by atoms with E-state index in [1.807, 2.05) is 0 Å². The molecule has 0 aromatic heterocycles. The second kappa shape index (κ2) is 8.58. The topological polar surface area (TPSA) is 97.2 Å². The van der Waals surface area contributed by atoms with Crippen LogP contribution in [0.5, 0.6) is 5.75 Å². The lowest BCUT2D eigenvalue weighted by Crippen LogP contribution is -2.30. The number of benzene rings is 2. The van der Waals surface area contributed by atoms with Crippen LogP contribution < -0.4 is 9.50 Å². The van der Waals surface area contributed by atoms with Crippen LogP contribution in [0, 0.1) is 0 Å². The molecule has 0 radical (unpaired) electrons. The molecule has 0 atom stereocenters. The summed E-state index contributed by atoms with van der Waals surface area (Å²) in [6.07, 6.45) is 1.44. The molecule has 1 saturated heterocycles. The number of nitrogens with one attached hydrogen (secondary N) is 1. The van der Waals surface area contributed by atoms with E-state index in [9.17, 15) is 13.2 Å². The third-order valence-electron chi connectivity index (χ3n) is 3.70. The van der Waals surface area contributed by atoms with E-state index in [4.69, 9.17) is 4.18 Å². The molecule has 0 unspecified atom stereocenters. The van der Waals surface area contributed by atoms with Crippen molar-refractivity contribution in [3.05, 3.63) is 57.0 Å². The van der Waals surface area contributed by atoms with Gasteiger partial charge in [-0.2, -0.15) is 13.5 Å². The van der Waals surface area contributed by atoms with Gasteiger partial charge < -0.3 is 9.50 Å². The number of thioether (sulfide) groups is 1. The van der Waals surface area contributed by atoms with Crippen LogP contribution in [0.25, 0.3) is 0 Å². The minimum Gasteiger partial charge on any atom is -0.379 e. The standard InChI is InChI=1S/C18H15Br2N3O4S2/c1-18(2)16(24)22-17(28-18)23-21-10-11-4-3-5-13(8-11)27-29(25,26)15-9-12(19)6-7-14(15)20/h3-10H,1-2H3,(H,22,23,24)/b21-10+. The number of hydrogen-bond acceptors (Lipinski definition) is 7. The molecule has 29 heavy (non-hydrogen) atoms. The summed E-state index contributed by atoms with van der Waals surface area (Å²) in [6, 6.07) is 11.2. The SMILES string of the molecule is CC1(C)S/C(=N/N=C/c2cccc(OS(=O)(=O)c3cc(Br)ccc3Br)c2)NC1=O. The first kappa shape index (κ1) is 22.0. The van der Waals surface area contributed by atoms with Crippen LogP contribution in [0.15, 0.2) is 66.5 Å². The van der Waals surface area contributed by atoms with Crippen molar-refractivity contribution in [3.8, 4) is 5.75 Å². The summed E-state index contributed by atoms with van der Waals surface area (Å²) in [5.74, 6) is 0.00826. The summed E-state index contributed by atoms with van der Waals surface area (Å²) in [4.78, 5) is 11.7. The zero-order chi connectivity index (χ0) is 21.2. The molecule has 0 bridgehead atoms. The Balaban J connectivity index is 1.76.